The van der Waals surface area contributed by atoms with E-state index in [1.54, 1.807) is 0 Å². The molecule has 0 radical (unpaired) electrons. The molecule has 1 saturated carbocycles. The first kappa shape index (κ1) is 14.8. The molecular weight excluding hydrogens is 238 g/mol. The second-order valence-electron chi connectivity index (χ2n) is 6.13. The van der Waals surface area contributed by atoms with Crippen molar-refractivity contribution < 1.29 is 4.79 Å². The molecule has 110 valence electrons. The van der Waals surface area contributed by atoms with Crippen molar-refractivity contribution in [3.63, 3.8) is 0 Å². The lowest BCUT2D eigenvalue weighted by Gasteiger charge is -2.31. The van der Waals surface area contributed by atoms with Crippen LogP contribution in [0.15, 0.2) is 0 Å². The Morgan fingerprint density at radius 1 is 1.26 bits per heavy atom. The summed E-state index contributed by atoms with van der Waals surface area (Å²) in [5, 5.41) is 6.46. The van der Waals surface area contributed by atoms with Crippen molar-refractivity contribution in [2.24, 2.45) is 0 Å². The van der Waals surface area contributed by atoms with E-state index in [0.717, 1.165) is 25.6 Å². The number of nitrogens with zero attached hydrogens (tertiary/aromatic N) is 1. The molecule has 2 N–H and O–H groups in total. The Bertz CT molecular complexity index is 277. The molecule has 2 fully saturated rings. The lowest BCUT2D eigenvalue weighted by molar-refractivity contribution is -0.119. The van der Waals surface area contributed by atoms with Gasteiger partial charge in [0.1, 0.15) is 0 Å². The highest BCUT2D eigenvalue weighted by Gasteiger charge is 2.20. The van der Waals surface area contributed by atoms with Gasteiger partial charge in [-0.25, -0.2) is 0 Å². The molecule has 4 nitrogen and oxygen atoms in total. The molecule has 19 heavy (non-hydrogen) atoms. The molecule has 1 aliphatic carbocycles. The van der Waals surface area contributed by atoms with Crippen molar-refractivity contribution in [2.75, 3.05) is 26.7 Å². The zero-order valence-electron chi connectivity index (χ0n) is 12.3. The molecule has 1 saturated heterocycles. The van der Waals surface area contributed by atoms with E-state index in [9.17, 15) is 4.79 Å². The molecule has 2 aliphatic rings. The fraction of sp³-hybridized carbons (Fsp3) is 0.933. The summed E-state index contributed by atoms with van der Waals surface area (Å²) in [6.07, 6.45) is 9.93. The molecule has 1 aliphatic heterocycles. The third-order valence-electron chi connectivity index (χ3n) is 4.54. The fourth-order valence-corrected chi connectivity index (χ4v) is 3.26. The monoisotopic (exact) mass is 267 g/mol. The summed E-state index contributed by atoms with van der Waals surface area (Å²) in [4.78, 5) is 13.6. The number of carbonyl (C=O) groups is 1. The maximum absolute atomic E-state index is 11.1. The van der Waals surface area contributed by atoms with Gasteiger partial charge in [-0.3, -0.25) is 4.79 Å². The Morgan fingerprint density at radius 3 is 2.74 bits per heavy atom. The normalized spacial score (nSPS) is 24.9. The van der Waals surface area contributed by atoms with Gasteiger partial charge in [-0.05, 0) is 45.8 Å². The van der Waals surface area contributed by atoms with Crippen LogP contribution >= 0.6 is 0 Å². The minimum atomic E-state index is 0.212. The highest BCUT2D eigenvalue weighted by molar-refractivity contribution is 5.78. The van der Waals surface area contributed by atoms with Gasteiger partial charge < -0.3 is 15.5 Å². The van der Waals surface area contributed by atoms with Crippen LogP contribution in [0.3, 0.4) is 0 Å². The Labute approximate surface area is 117 Å². The fourth-order valence-electron chi connectivity index (χ4n) is 3.26. The highest BCUT2D eigenvalue weighted by atomic mass is 16.1. The van der Waals surface area contributed by atoms with E-state index < -0.39 is 0 Å². The molecule has 1 atom stereocenters. The summed E-state index contributed by atoms with van der Waals surface area (Å²) in [7, 11) is 2.27. The van der Waals surface area contributed by atoms with Crippen molar-refractivity contribution in [3.8, 4) is 0 Å². The van der Waals surface area contributed by atoms with Crippen molar-refractivity contribution in [1.29, 1.82) is 0 Å². The number of hydrogen-bond donors (Lipinski definition) is 2. The topological polar surface area (TPSA) is 44.4 Å². The van der Waals surface area contributed by atoms with E-state index in [0.29, 0.717) is 12.5 Å². The summed E-state index contributed by atoms with van der Waals surface area (Å²) in [6, 6.07) is 1.19. The molecular formula is C15H29N3O. The average molecular weight is 267 g/mol. The largest absolute Gasteiger partial charge is 0.352 e. The molecule has 2 rings (SSSR count). The Balaban J connectivity index is 1.48. The number of rotatable bonds is 7. The molecule has 1 heterocycles. The summed E-state index contributed by atoms with van der Waals surface area (Å²) in [6.45, 7) is 3.18. The van der Waals surface area contributed by atoms with Gasteiger partial charge in [-0.1, -0.05) is 19.3 Å². The second-order valence-corrected chi connectivity index (χ2v) is 6.13. The van der Waals surface area contributed by atoms with E-state index in [4.69, 9.17) is 0 Å². The maximum atomic E-state index is 11.1. The van der Waals surface area contributed by atoms with Gasteiger partial charge in [0.05, 0.1) is 0 Å². The molecule has 0 aromatic heterocycles. The van der Waals surface area contributed by atoms with Crippen LogP contribution in [0.4, 0.5) is 0 Å². The second kappa shape index (κ2) is 7.85. The number of hydrogen-bond acceptors (Lipinski definition) is 3. The SMILES string of the molecule is CN(CCCNCC1CCC(=O)N1)C1CCCCC1. The summed E-state index contributed by atoms with van der Waals surface area (Å²) < 4.78 is 0. The van der Waals surface area contributed by atoms with Gasteiger partial charge in [-0.15, -0.1) is 0 Å². The standard InChI is InChI=1S/C15H29N3O/c1-18(14-6-3-2-4-7-14)11-5-10-16-12-13-8-9-15(19)17-13/h13-14,16H,2-12H2,1H3,(H,17,19). The Hall–Kier alpha value is -0.610. The lowest BCUT2D eigenvalue weighted by Crippen LogP contribution is -2.38. The van der Waals surface area contributed by atoms with Crippen LogP contribution in [0.5, 0.6) is 0 Å². The van der Waals surface area contributed by atoms with Crippen LogP contribution in [-0.2, 0) is 4.79 Å². The molecule has 1 unspecified atom stereocenters. The summed E-state index contributed by atoms with van der Waals surface area (Å²) >= 11 is 0. The van der Waals surface area contributed by atoms with E-state index in [1.807, 2.05) is 0 Å². The molecule has 0 bridgehead atoms. The van der Waals surface area contributed by atoms with Crippen molar-refractivity contribution in [3.05, 3.63) is 0 Å². The van der Waals surface area contributed by atoms with Crippen LogP contribution in [0.1, 0.15) is 51.4 Å². The number of nitrogens with one attached hydrogen (secondary N) is 2. The van der Waals surface area contributed by atoms with Gasteiger partial charge in [0, 0.05) is 25.0 Å². The molecule has 4 heteroatoms. The number of amides is 1. The Morgan fingerprint density at radius 2 is 2.05 bits per heavy atom. The maximum Gasteiger partial charge on any atom is 0.220 e. The highest BCUT2D eigenvalue weighted by Crippen LogP contribution is 2.21. The van der Waals surface area contributed by atoms with Crippen LogP contribution in [0.25, 0.3) is 0 Å². The first-order chi connectivity index (χ1) is 9.25. The summed E-state index contributed by atoms with van der Waals surface area (Å²) in [5.41, 5.74) is 0. The minimum absolute atomic E-state index is 0.212. The lowest BCUT2D eigenvalue weighted by atomic mass is 9.94. The zero-order chi connectivity index (χ0) is 13.5. The molecule has 0 aromatic rings. The minimum Gasteiger partial charge on any atom is -0.352 e. The molecule has 0 aromatic carbocycles. The summed E-state index contributed by atoms with van der Waals surface area (Å²) in [5.74, 6) is 0.212. The predicted molar refractivity (Wildman–Crippen MR) is 78.2 cm³/mol. The van der Waals surface area contributed by atoms with Crippen molar-refractivity contribution in [2.45, 2.75) is 63.5 Å². The molecule has 0 spiro atoms. The van der Waals surface area contributed by atoms with Gasteiger partial charge in [0.25, 0.3) is 0 Å². The van der Waals surface area contributed by atoms with E-state index in [1.165, 1.54) is 45.1 Å². The van der Waals surface area contributed by atoms with Gasteiger partial charge in [0.15, 0.2) is 0 Å². The van der Waals surface area contributed by atoms with E-state index in [2.05, 4.69) is 22.6 Å². The average Bonchev–Trinajstić information content (AvgIpc) is 2.85. The quantitative estimate of drug-likeness (QED) is 0.687. The first-order valence-corrected chi connectivity index (χ1v) is 7.96. The van der Waals surface area contributed by atoms with Gasteiger partial charge in [0.2, 0.25) is 5.91 Å². The number of carbonyl (C=O) groups excluding carboxylic acids is 1. The van der Waals surface area contributed by atoms with Crippen LogP contribution in [-0.4, -0.2) is 49.6 Å². The van der Waals surface area contributed by atoms with Crippen molar-refractivity contribution in [1.82, 2.24) is 15.5 Å². The predicted octanol–water partition coefficient (Wildman–Crippen LogP) is 1.51. The third-order valence-corrected chi connectivity index (χ3v) is 4.54. The smallest absolute Gasteiger partial charge is 0.220 e. The first-order valence-electron chi connectivity index (χ1n) is 7.96. The van der Waals surface area contributed by atoms with E-state index >= 15 is 0 Å². The van der Waals surface area contributed by atoms with E-state index in [-0.39, 0.29) is 5.91 Å². The third kappa shape index (κ3) is 5.11. The van der Waals surface area contributed by atoms with Crippen LogP contribution < -0.4 is 10.6 Å². The van der Waals surface area contributed by atoms with Gasteiger partial charge >= 0.3 is 0 Å². The van der Waals surface area contributed by atoms with Crippen LogP contribution in [0, 0.1) is 0 Å². The van der Waals surface area contributed by atoms with Gasteiger partial charge in [-0.2, -0.15) is 0 Å². The molecule has 1 amide bonds. The van der Waals surface area contributed by atoms with Crippen molar-refractivity contribution >= 4 is 5.91 Å². The van der Waals surface area contributed by atoms with Crippen LogP contribution in [0.2, 0.25) is 0 Å². The zero-order valence-corrected chi connectivity index (χ0v) is 12.3. The Kier molecular flexibility index (Phi) is 6.11.